The Morgan fingerprint density at radius 2 is 1.91 bits per heavy atom. The number of alkyl halides is 3. The second kappa shape index (κ2) is 9.59. The molecule has 34 heavy (non-hydrogen) atoms. The average molecular weight is 478 g/mol. The molecular weight excluding hydrogens is 457 g/mol. The van der Waals surface area contributed by atoms with E-state index in [0.29, 0.717) is 42.3 Å². The number of aromatic nitrogens is 3. The highest BCUT2D eigenvalue weighted by Gasteiger charge is 2.31. The monoisotopic (exact) mass is 478 g/mol. The van der Waals surface area contributed by atoms with E-state index in [4.69, 9.17) is 9.47 Å². The molecule has 1 aliphatic rings. The zero-order valence-electron chi connectivity index (χ0n) is 18.1. The number of amides is 1. The first-order valence-corrected chi connectivity index (χ1v) is 10.3. The lowest BCUT2D eigenvalue weighted by atomic mass is 10.1. The molecule has 0 atom stereocenters. The van der Waals surface area contributed by atoms with Crippen LogP contribution in [0.3, 0.4) is 0 Å². The van der Waals surface area contributed by atoms with Gasteiger partial charge >= 0.3 is 6.36 Å². The fraction of sp³-hybridized carbons (Fsp3) is 0.318. The van der Waals surface area contributed by atoms with Crippen LogP contribution in [-0.2, 0) is 16.6 Å². The lowest BCUT2D eigenvalue weighted by molar-refractivity contribution is -0.274. The second-order valence-electron chi connectivity index (χ2n) is 7.49. The first-order chi connectivity index (χ1) is 16.2. The molecule has 0 saturated carbocycles. The third kappa shape index (κ3) is 5.57. The van der Waals surface area contributed by atoms with Crippen LogP contribution in [-0.4, -0.2) is 64.4 Å². The van der Waals surface area contributed by atoms with Gasteiger partial charge in [0.05, 0.1) is 19.3 Å². The van der Waals surface area contributed by atoms with Crippen molar-refractivity contribution in [1.82, 2.24) is 19.2 Å². The molecule has 1 saturated heterocycles. The number of morpholine rings is 1. The van der Waals surface area contributed by atoms with Crippen molar-refractivity contribution < 1.29 is 32.2 Å². The Labute approximate surface area is 191 Å². The molecule has 1 fully saturated rings. The topological polar surface area (TPSA) is 87.8 Å². The summed E-state index contributed by atoms with van der Waals surface area (Å²) in [7, 11) is 1.74. The van der Waals surface area contributed by atoms with Crippen molar-refractivity contribution in [1.29, 1.82) is 0 Å². The molecule has 1 aromatic carbocycles. The van der Waals surface area contributed by atoms with Crippen LogP contribution >= 0.6 is 0 Å². The van der Waals surface area contributed by atoms with E-state index >= 15 is 0 Å². The summed E-state index contributed by atoms with van der Waals surface area (Å²) in [6.45, 7) is 1.44. The SMILES string of the molecule is Cn1cc(-c2cn(-c3ccc(OC(F)(F)F)cc3)c(=O)cc2OCCN2CCOCC2=O)cn1. The summed E-state index contributed by atoms with van der Waals surface area (Å²) >= 11 is 0. The maximum absolute atomic E-state index is 12.8. The molecule has 3 heterocycles. The van der Waals surface area contributed by atoms with Crippen LogP contribution in [0.25, 0.3) is 16.8 Å². The normalized spacial score (nSPS) is 14.4. The van der Waals surface area contributed by atoms with Gasteiger partial charge in [0.15, 0.2) is 0 Å². The third-order valence-electron chi connectivity index (χ3n) is 5.08. The van der Waals surface area contributed by atoms with Gasteiger partial charge in [0.2, 0.25) is 5.91 Å². The number of hydrogen-bond donors (Lipinski definition) is 0. The van der Waals surface area contributed by atoms with Crippen molar-refractivity contribution in [3.63, 3.8) is 0 Å². The molecule has 180 valence electrons. The minimum absolute atomic E-state index is 0.0315. The Morgan fingerprint density at radius 3 is 2.56 bits per heavy atom. The Kier molecular flexibility index (Phi) is 6.59. The third-order valence-corrected chi connectivity index (χ3v) is 5.08. The zero-order valence-corrected chi connectivity index (χ0v) is 18.1. The maximum Gasteiger partial charge on any atom is 0.573 e. The van der Waals surface area contributed by atoms with E-state index in [9.17, 15) is 22.8 Å². The van der Waals surface area contributed by atoms with E-state index < -0.39 is 17.7 Å². The Hall–Kier alpha value is -3.80. The molecule has 0 N–H and O–H groups in total. The number of carbonyl (C=O) groups is 1. The Morgan fingerprint density at radius 1 is 1.15 bits per heavy atom. The van der Waals surface area contributed by atoms with Gasteiger partial charge in [-0.1, -0.05) is 0 Å². The number of hydrogen-bond acceptors (Lipinski definition) is 6. The van der Waals surface area contributed by atoms with Gasteiger partial charge in [-0.15, -0.1) is 13.2 Å². The molecule has 1 amide bonds. The maximum atomic E-state index is 12.8. The van der Waals surface area contributed by atoms with E-state index in [-0.39, 0.29) is 19.1 Å². The molecule has 2 aromatic heterocycles. The van der Waals surface area contributed by atoms with Crippen LogP contribution < -0.4 is 15.0 Å². The summed E-state index contributed by atoms with van der Waals surface area (Å²) in [5.41, 5.74) is 1.12. The van der Waals surface area contributed by atoms with Gasteiger partial charge in [-0.25, -0.2) is 0 Å². The number of aryl methyl sites for hydroxylation is 1. The average Bonchev–Trinajstić information content (AvgIpc) is 3.21. The van der Waals surface area contributed by atoms with Gasteiger partial charge in [-0.05, 0) is 24.3 Å². The predicted octanol–water partition coefficient (Wildman–Crippen LogP) is 2.37. The van der Waals surface area contributed by atoms with Crippen molar-refractivity contribution in [2.45, 2.75) is 6.36 Å². The summed E-state index contributed by atoms with van der Waals surface area (Å²) in [6.07, 6.45) is 0.0659. The van der Waals surface area contributed by atoms with E-state index in [0.717, 1.165) is 12.1 Å². The van der Waals surface area contributed by atoms with Gasteiger partial charge in [-0.2, -0.15) is 5.10 Å². The van der Waals surface area contributed by atoms with E-state index in [1.54, 1.807) is 29.0 Å². The number of ether oxygens (including phenoxy) is 3. The van der Waals surface area contributed by atoms with Gasteiger partial charge in [0.1, 0.15) is 24.7 Å². The van der Waals surface area contributed by atoms with Crippen molar-refractivity contribution >= 4 is 5.91 Å². The van der Waals surface area contributed by atoms with Crippen molar-refractivity contribution in [2.24, 2.45) is 7.05 Å². The molecule has 0 unspecified atom stereocenters. The fourth-order valence-electron chi connectivity index (χ4n) is 3.47. The number of rotatable bonds is 7. The highest BCUT2D eigenvalue weighted by Crippen LogP contribution is 2.30. The summed E-state index contributed by atoms with van der Waals surface area (Å²) < 4.78 is 55.0. The summed E-state index contributed by atoms with van der Waals surface area (Å²) in [4.78, 5) is 26.3. The van der Waals surface area contributed by atoms with Crippen molar-refractivity contribution in [3.8, 4) is 28.3 Å². The smallest absolute Gasteiger partial charge is 0.491 e. The molecule has 9 nitrogen and oxygen atoms in total. The lowest BCUT2D eigenvalue weighted by Gasteiger charge is -2.26. The minimum atomic E-state index is -4.81. The molecule has 3 aromatic rings. The van der Waals surface area contributed by atoms with Crippen LogP contribution in [0.15, 0.2) is 53.7 Å². The molecule has 0 bridgehead atoms. The Bertz CT molecular complexity index is 1220. The number of halogens is 3. The highest BCUT2D eigenvalue weighted by molar-refractivity contribution is 5.78. The van der Waals surface area contributed by atoms with Crippen molar-refractivity contribution in [2.75, 3.05) is 32.9 Å². The van der Waals surface area contributed by atoms with Gasteiger partial charge in [0, 0.05) is 48.9 Å². The number of benzene rings is 1. The molecule has 4 rings (SSSR count). The minimum Gasteiger partial charge on any atom is -0.491 e. The summed E-state index contributed by atoms with van der Waals surface area (Å²) in [5.74, 6) is -0.225. The van der Waals surface area contributed by atoms with E-state index in [2.05, 4.69) is 9.84 Å². The van der Waals surface area contributed by atoms with Gasteiger partial charge < -0.3 is 19.1 Å². The van der Waals surface area contributed by atoms with Crippen LogP contribution in [0.4, 0.5) is 13.2 Å². The van der Waals surface area contributed by atoms with Gasteiger partial charge in [0.25, 0.3) is 5.56 Å². The first kappa shape index (κ1) is 23.4. The van der Waals surface area contributed by atoms with E-state index in [1.165, 1.54) is 29.0 Å². The second-order valence-corrected chi connectivity index (χ2v) is 7.49. The number of pyridine rings is 1. The van der Waals surface area contributed by atoms with Crippen LogP contribution in [0.1, 0.15) is 0 Å². The largest absolute Gasteiger partial charge is 0.573 e. The number of nitrogens with zero attached hydrogens (tertiary/aromatic N) is 4. The molecular formula is C22H21F3N4O5. The summed E-state index contributed by atoms with van der Waals surface area (Å²) in [5, 5.41) is 4.15. The van der Waals surface area contributed by atoms with Crippen LogP contribution in [0.2, 0.25) is 0 Å². The molecule has 0 spiro atoms. The highest BCUT2D eigenvalue weighted by atomic mass is 19.4. The van der Waals surface area contributed by atoms with Crippen LogP contribution in [0, 0.1) is 0 Å². The number of carbonyl (C=O) groups excluding carboxylic acids is 1. The summed E-state index contributed by atoms with van der Waals surface area (Å²) in [6, 6.07) is 6.25. The lowest BCUT2D eigenvalue weighted by Crippen LogP contribution is -2.43. The molecule has 0 aliphatic carbocycles. The Balaban J connectivity index is 1.61. The molecule has 12 heteroatoms. The van der Waals surface area contributed by atoms with Gasteiger partial charge in [-0.3, -0.25) is 18.8 Å². The quantitative estimate of drug-likeness (QED) is 0.518. The van der Waals surface area contributed by atoms with Crippen molar-refractivity contribution in [3.05, 3.63) is 59.3 Å². The van der Waals surface area contributed by atoms with E-state index in [1.807, 2.05) is 0 Å². The zero-order chi connectivity index (χ0) is 24.3. The van der Waals surface area contributed by atoms with Crippen LogP contribution in [0.5, 0.6) is 11.5 Å². The predicted molar refractivity (Wildman–Crippen MR) is 114 cm³/mol. The standard InChI is InChI=1S/C22H21F3N4O5/c1-27-12-15(11-26-27)18-13-29(16-2-4-17(5-3-16)34-22(23,24)25)20(30)10-19(18)33-9-7-28-6-8-32-14-21(28)31/h2-5,10-13H,6-9,14H2,1H3. The first-order valence-electron chi connectivity index (χ1n) is 10.3. The molecule has 0 radical (unpaired) electrons. The fourth-order valence-corrected chi connectivity index (χ4v) is 3.47. The molecule has 1 aliphatic heterocycles.